The number of benzene rings is 2. The van der Waals surface area contributed by atoms with Crippen molar-refractivity contribution in [2.75, 3.05) is 19.3 Å². The van der Waals surface area contributed by atoms with E-state index in [0.29, 0.717) is 31.5 Å². The lowest BCUT2D eigenvalue weighted by atomic mass is 9.95. The molecule has 1 aliphatic carbocycles. The molecule has 1 N–H and O–H groups in total. The largest absolute Gasteiger partial charge is 0.341 e. The molecule has 4 rings (SSSR count). The second kappa shape index (κ2) is 7.50. The van der Waals surface area contributed by atoms with Crippen LogP contribution < -0.4 is 4.72 Å². The van der Waals surface area contributed by atoms with Crippen LogP contribution in [-0.4, -0.2) is 44.6 Å². The second-order valence-electron chi connectivity index (χ2n) is 7.79. The molecule has 2 fully saturated rings. The van der Waals surface area contributed by atoms with Crippen LogP contribution in [0.5, 0.6) is 0 Å². The normalized spacial score (nSPS) is 24.0. The number of hydrogen-bond acceptors (Lipinski definition) is 3. The van der Waals surface area contributed by atoms with Crippen molar-refractivity contribution >= 4 is 15.9 Å². The maximum absolute atomic E-state index is 14.3. The molecule has 5 nitrogen and oxygen atoms in total. The lowest BCUT2D eigenvalue weighted by molar-refractivity contribution is -0.131. The molecule has 0 spiro atoms. The summed E-state index contributed by atoms with van der Waals surface area (Å²) in [4.78, 5) is 14.6. The zero-order valence-corrected chi connectivity index (χ0v) is 16.8. The number of nitrogens with one attached hydrogen (secondary N) is 1. The molecule has 154 valence electrons. The quantitative estimate of drug-likeness (QED) is 0.809. The summed E-state index contributed by atoms with van der Waals surface area (Å²) in [5, 5.41) is 0. The monoisotopic (exact) mass is 420 g/mol. The Morgan fingerprint density at radius 3 is 2.48 bits per heavy atom. The summed E-state index contributed by atoms with van der Waals surface area (Å²) in [5.41, 5.74) is 1.17. The van der Waals surface area contributed by atoms with Crippen LogP contribution in [0.15, 0.2) is 42.5 Å². The third-order valence-electron chi connectivity index (χ3n) is 5.58. The van der Waals surface area contributed by atoms with Crippen LogP contribution in [0, 0.1) is 17.6 Å². The zero-order chi connectivity index (χ0) is 20.8. The molecule has 0 aromatic heterocycles. The number of carbonyl (C=O) groups excluding carboxylic acids is 1. The van der Waals surface area contributed by atoms with Gasteiger partial charge in [0.15, 0.2) is 0 Å². The fourth-order valence-electron chi connectivity index (χ4n) is 4.21. The minimum Gasteiger partial charge on any atom is -0.341 e. The molecule has 1 heterocycles. The number of rotatable bonds is 5. The topological polar surface area (TPSA) is 66.5 Å². The van der Waals surface area contributed by atoms with Crippen molar-refractivity contribution in [2.24, 2.45) is 5.92 Å². The van der Waals surface area contributed by atoms with Crippen LogP contribution >= 0.6 is 0 Å². The molecular formula is C21H22F2N2O3S. The van der Waals surface area contributed by atoms with Crippen molar-refractivity contribution in [1.82, 2.24) is 9.62 Å². The van der Waals surface area contributed by atoms with Crippen molar-refractivity contribution in [3.63, 3.8) is 0 Å². The van der Waals surface area contributed by atoms with Crippen LogP contribution in [0.3, 0.4) is 0 Å². The van der Waals surface area contributed by atoms with Gasteiger partial charge in [0.05, 0.1) is 11.8 Å². The SMILES string of the molecule is CS(=O)(=O)N[C@@H]1CCN(C(=O)[C@@H]2C[C@H]2c2ccccc2-c2c(F)cccc2F)C1. The molecule has 0 radical (unpaired) electrons. The van der Waals surface area contributed by atoms with Gasteiger partial charge in [0.25, 0.3) is 0 Å². The van der Waals surface area contributed by atoms with Crippen molar-refractivity contribution in [1.29, 1.82) is 0 Å². The lowest BCUT2D eigenvalue weighted by Gasteiger charge is -2.17. The third kappa shape index (κ3) is 4.18. The van der Waals surface area contributed by atoms with Gasteiger partial charge in [0, 0.05) is 25.0 Å². The molecule has 1 saturated heterocycles. The van der Waals surface area contributed by atoms with E-state index in [2.05, 4.69) is 4.72 Å². The summed E-state index contributed by atoms with van der Waals surface area (Å²) in [5.74, 6) is -1.63. The Morgan fingerprint density at radius 1 is 1.10 bits per heavy atom. The summed E-state index contributed by atoms with van der Waals surface area (Å²) in [6, 6.07) is 10.5. The van der Waals surface area contributed by atoms with Gasteiger partial charge >= 0.3 is 0 Å². The Labute approximate surface area is 168 Å². The van der Waals surface area contributed by atoms with Gasteiger partial charge in [0.2, 0.25) is 15.9 Å². The summed E-state index contributed by atoms with van der Waals surface area (Å²) >= 11 is 0. The van der Waals surface area contributed by atoms with Crippen LogP contribution in [0.25, 0.3) is 11.1 Å². The zero-order valence-electron chi connectivity index (χ0n) is 15.9. The van der Waals surface area contributed by atoms with Crippen molar-refractivity contribution < 1.29 is 22.0 Å². The van der Waals surface area contributed by atoms with Crippen molar-refractivity contribution in [3.05, 3.63) is 59.7 Å². The van der Waals surface area contributed by atoms with E-state index in [1.54, 1.807) is 23.1 Å². The summed E-state index contributed by atoms with van der Waals surface area (Å²) in [6.07, 6.45) is 2.30. The first-order chi connectivity index (χ1) is 13.7. The Hall–Kier alpha value is -2.32. The highest BCUT2D eigenvalue weighted by Crippen LogP contribution is 2.51. The number of likely N-dealkylation sites (tertiary alicyclic amines) is 1. The third-order valence-corrected chi connectivity index (χ3v) is 6.34. The summed E-state index contributed by atoms with van der Waals surface area (Å²) < 4.78 is 54.0. The minimum absolute atomic E-state index is 0.0309. The molecule has 0 bridgehead atoms. The Morgan fingerprint density at radius 2 is 1.79 bits per heavy atom. The van der Waals surface area contributed by atoms with Gasteiger partial charge in [-0.15, -0.1) is 0 Å². The average Bonchev–Trinajstić information content (AvgIpc) is 3.32. The number of carbonyl (C=O) groups is 1. The van der Waals surface area contributed by atoms with Gasteiger partial charge in [-0.3, -0.25) is 4.79 Å². The summed E-state index contributed by atoms with van der Waals surface area (Å²) in [6.45, 7) is 0.845. The molecule has 29 heavy (non-hydrogen) atoms. The Balaban J connectivity index is 1.51. The maximum atomic E-state index is 14.3. The first-order valence-corrected chi connectivity index (χ1v) is 11.4. The van der Waals surface area contributed by atoms with Gasteiger partial charge in [-0.1, -0.05) is 30.3 Å². The molecule has 1 aliphatic heterocycles. The van der Waals surface area contributed by atoms with Gasteiger partial charge in [-0.25, -0.2) is 21.9 Å². The van der Waals surface area contributed by atoms with Gasteiger partial charge < -0.3 is 4.90 Å². The molecular weight excluding hydrogens is 398 g/mol. The van der Waals surface area contributed by atoms with E-state index in [4.69, 9.17) is 0 Å². The standard InChI is InChI=1S/C21H22F2N2O3S/c1-29(27,28)24-13-9-10-25(12-13)21(26)17-11-16(17)14-5-2-3-6-15(14)20-18(22)7-4-8-19(20)23/h2-8,13,16-17,24H,9-12H2,1H3/t13-,16+,17-/m1/s1. The Kier molecular flexibility index (Phi) is 5.16. The smallest absolute Gasteiger partial charge is 0.226 e. The van der Waals surface area contributed by atoms with Gasteiger partial charge in [-0.05, 0) is 42.0 Å². The van der Waals surface area contributed by atoms with Crippen LogP contribution in [0.4, 0.5) is 8.78 Å². The summed E-state index contributed by atoms with van der Waals surface area (Å²) in [7, 11) is -3.32. The van der Waals surface area contributed by atoms with E-state index < -0.39 is 21.7 Å². The van der Waals surface area contributed by atoms with E-state index in [1.807, 2.05) is 6.07 Å². The molecule has 2 aliphatic rings. The predicted molar refractivity (Wildman–Crippen MR) is 106 cm³/mol. The minimum atomic E-state index is -3.32. The fourth-order valence-corrected chi connectivity index (χ4v) is 5.01. The highest BCUT2D eigenvalue weighted by molar-refractivity contribution is 7.88. The highest BCUT2D eigenvalue weighted by Gasteiger charge is 2.47. The number of sulfonamides is 1. The van der Waals surface area contributed by atoms with Crippen molar-refractivity contribution in [2.45, 2.75) is 24.8 Å². The molecule has 8 heteroatoms. The van der Waals surface area contributed by atoms with Gasteiger partial charge in [0.1, 0.15) is 11.6 Å². The van der Waals surface area contributed by atoms with Crippen LogP contribution in [-0.2, 0) is 14.8 Å². The predicted octanol–water partition coefficient (Wildman–Crippen LogP) is 2.89. The lowest BCUT2D eigenvalue weighted by Crippen LogP contribution is -2.38. The average molecular weight is 420 g/mol. The van der Waals surface area contributed by atoms with E-state index in [1.165, 1.54) is 18.2 Å². The highest BCUT2D eigenvalue weighted by atomic mass is 32.2. The second-order valence-corrected chi connectivity index (χ2v) is 9.57. The maximum Gasteiger partial charge on any atom is 0.226 e. The first kappa shape index (κ1) is 20.0. The molecule has 1 amide bonds. The molecule has 3 atom stereocenters. The van der Waals surface area contributed by atoms with Crippen molar-refractivity contribution in [3.8, 4) is 11.1 Å². The molecule has 2 aromatic carbocycles. The molecule has 2 aromatic rings. The van der Waals surface area contributed by atoms with Crippen LogP contribution in [0.2, 0.25) is 0 Å². The number of hydrogen-bond donors (Lipinski definition) is 1. The van der Waals surface area contributed by atoms with E-state index in [9.17, 15) is 22.0 Å². The molecule has 1 saturated carbocycles. The van der Waals surface area contributed by atoms with E-state index >= 15 is 0 Å². The number of amides is 1. The van der Waals surface area contributed by atoms with Gasteiger partial charge in [-0.2, -0.15) is 0 Å². The first-order valence-electron chi connectivity index (χ1n) is 9.54. The fraction of sp³-hybridized carbons (Fsp3) is 0.381. The Bertz CT molecular complexity index is 1040. The molecule has 0 unspecified atom stereocenters. The number of halogens is 2. The number of nitrogens with zero attached hydrogens (tertiary/aromatic N) is 1. The van der Waals surface area contributed by atoms with E-state index in [0.717, 1.165) is 11.8 Å². The van der Waals surface area contributed by atoms with Crippen LogP contribution in [0.1, 0.15) is 24.3 Å². The van der Waals surface area contributed by atoms with E-state index in [-0.39, 0.29) is 29.3 Å².